The van der Waals surface area contributed by atoms with Gasteiger partial charge in [-0.2, -0.15) is 10.2 Å². The smallest absolute Gasteiger partial charge is 0.187 e. The highest BCUT2D eigenvalue weighted by molar-refractivity contribution is 7.80. The highest BCUT2D eigenvalue weighted by Crippen LogP contribution is 2.22. The van der Waals surface area contributed by atoms with Crippen LogP contribution in [-0.4, -0.2) is 40.9 Å². The molecule has 1 atom stereocenters. The van der Waals surface area contributed by atoms with Gasteiger partial charge in [0.15, 0.2) is 5.11 Å². The number of benzene rings is 2. The van der Waals surface area contributed by atoms with Crippen LogP contribution in [0.3, 0.4) is 0 Å². The standard InChI is InChI=1S/C21H23N5OS/c1-16(15-27-2)23-21(28)24-22-13-18-14-26(19-11-7-4-8-12-19)25-20(18)17-9-5-3-6-10-17/h3-14,16H,15H2,1-2H3,(H2,23,24,28)/b22-13-/t16-/m1/s1. The number of para-hydroxylation sites is 1. The van der Waals surface area contributed by atoms with Crippen molar-refractivity contribution in [1.29, 1.82) is 0 Å². The van der Waals surface area contributed by atoms with E-state index in [4.69, 9.17) is 22.1 Å². The number of ether oxygens (including phenoxy) is 1. The maximum absolute atomic E-state index is 5.26. The van der Waals surface area contributed by atoms with Gasteiger partial charge in [0.1, 0.15) is 5.69 Å². The van der Waals surface area contributed by atoms with Gasteiger partial charge < -0.3 is 10.1 Å². The topological polar surface area (TPSA) is 63.5 Å². The molecule has 0 radical (unpaired) electrons. The second-order valence-electron chi connectivity index (χ2n) is 6.28. The van der Waals surface area contributed by atoms with Crippen LogP contribution >= 0.6 is 12.2 Å². The summed E-state index contributed by atoms with van der Waals surface area (Å²) in [5.41, 5.74) is 6.58. The molecule has 0 aliphatic rings. The van der Waals surface area contributed by atoms with Gasteiger partial charge in [0, 0.05) is 30.5 Å². The maximum atomic E-state index is 5.26. The molecule has 28 heavy (non-hydrogen) atoms. The number of rotatable bonds is 7. The Bertz CT molecular complexity index is 924. The number of hydrogen-bond acceptors (Lipinski definition) is 4. The summed E-state index contributed by atoms with van der Waals surface area (Å²) < 4.78 is 6.94. The maximum Gasteiger partial charge on any atom is 0.187 e. The average Bonchev–Trinajstić information content (AvgIpc) is 3.14. The number of nitrogens with one attached hydrogen (secondary N) is 2. The van der Waals surface area contributed by atoms with Crippen molar-refractivity contribution in [2.45, 2.75) is 13.0 Å². The summed E-state index contributed by atoms with van der Waals surface area (Å²) in [6, 6.07) is 20.1. The molecule has 3 aromatic rings. The largest absolute Gasteiger partial charge is 0.383 e. The van der Waals surface area contributed by atoms with Gasteiger partial charge >= 0.3 is 0 Å². The van der Waals surface area contributed by atoms with Crippen molar-refractivity contribution in [1.82, 2.24) is 20.5 Å². The third-order valence-corrected chi connectivity index (χ3v) is 4.18. The molecule has 0 saturated heterocycles. The van der Waals surface area contributed by atoms with Gasteiger partial charge in [-0.3, -0.25) is 5.43 Å². The Morgan fingerprint density at radius 3 is 2.54 bits per heavy atom. The van der Waals surface area contributed by atoms with Gasteiger partial charge in [-0.05, 0) is 31.3 Å². The molecular formula is C21H23N5OS. The summed E-state index contributed by atoms with van der Waals surface area (Å²) in [5.74, 6) is 0. The Balaban J connectivity index is 1.81. The Labute approximate surface area is 170 Å². The second kappa shape index (κ2) is 9.77. The minimum atomic E-state index is 0.0981. The molecule has 144 valence electrons. The van der Waals surface area contributed by atoms with Crippen molar-refractivity contribution in [3.8, 4) is 16.9 Å². The molecule has 0 fully saturated rings. The van der Waals surface area contributed by atoms with Crippen LogP contribution in [0.1, 0.15) is 12.5 Å². The number of nitrogens with zero attached hydrogens (tertiary/aromatic N) is 3. The van der Waals surface area contributed by atoms with Crippen LogP contribution in [0.5, 0.6) is 0 Å². The van der Waals surface area contributed by atoms with E-state index < -0.39 is 0 Å². The molecule has 1 aromatic heterocycles. The van der Waals surface area contributed by atoms with Crippen LogP contribution in [0.15, 0.2) is 72.0 Å². The molecule has 0 saturated carbocycles. The van der Waals surface area contributed by atoms with Crippen LogP contribution in [0, 0.1) is 0 Å². The number of hydrogen-bond donors (Lipinski definition) is 2. The van der Waals surface area contributed by atoms with Gasteiger partial charge in [0.25, 0.3) is 0 Å². The first-order valence-electron chi connectivity index (χ1n) is 8.96. The summed E-state index contributed by atoms with van der Waals surface area (Å²) in [6.45, 7) is 2.55. The fourth-order valence-corrected chi connectivity index (χ4v) is 2.98. The van der Waals surface area contributed by atoms with Gasteiger partial charge in [-0.15, -0.1) is 0 Å². The van der Waals surface area contributed by atoms with E-state index in [1.807, 2.05) is 78.5 Å². The van der Waals surface area contributed by atoms with Gasteiger partial charge in [0.05, 0.1) is 18.5 Å². The lowest BCUT2D eigenvalue weighted by atomic mass is 10.1. The number of thiocarbonyl (C=S) groups is 1. The van der Waals surface area contributed by atoms with Crippen molar-refractivity contribution in [2.24, 2.45) is 5.10 Å². The highest BCUT2D eigenvalue weighted by atomic mass is 32.1. The van der Waals surface area contributed by atoms with Crippen molar-refractivity contribution >= 4 is 23.5 Å². The summed E-state index contributed by atoms with van der Waals surface area (Å²) in [5, 5.41) is 12.6. The predicted octanol–water partition coefficient (Wildman–Crippen LogP) is 3.37. The van der Waals surface area contributed by atoms with Crippen LogP contribution in [0.2, 0.25) is 0 Å². The lowest BCUT2D eigenvalue weighted by molar-refractivity contribution is 0.179. The van der Waals surface area contributed by atoms with Crippen molar-refractivity contribution in [3.63, 3.8) is 0 Å². The zero-order valence-corrected chi connectivity index (χ0v) is 16.7. The van der Waals surface area contributed by atoms with Gasteiger partial charge in [-0.1, -0.05) is 48.5 Å². The first-order valence-corrected chi connectivity index (χ1v) is 9.37. The summed E-state index contributed by atoms with van der Waals surface area (Å²) >= 11 is 5.26. The Morgan fingerprint density at radius 1 is 1.18 bits per heavy atom. The van der Waals surface area contributed by atoms with Crippen molar-refractivity contribution in [2.75, 3.05) is 13.7 Å². The quantitative estimate of drug-likeness (QED) is 0.366. The normalized spacial score (nSPS) is 12.1. The van der Waals surface area contributed by atoms with E-state index in [9.17, 15) is 0 Å². The summed E-state index contributed by atoms with van der Waals surface area (Å²) in [4.78, 5) is 0. The van der Waals surface area contributed by atoms with Gasteiger partial charge in [-0.25, -0.2) is 4.68 Å². The van der Waals surface area contributed by atoms with Crippen molar-refractivity contribution < 1.29 is 4.74 Å². The minimum absolute atomic E-state index is 0.0981. The molecule has 2 aromatic carbocycles. The van der Waals surface area contributed by atoms with E-state index in [1.165, 1.54) is 0 Å². The molecule has 0 amide bonds. The number of hydrazone groups is 1. The lowest BCUT2D eigenvalue weighted by Crippen LogP contribution is -2.40. The molecule has 1 heterocycles. The Morgan fingerprint density at radius 2 is 1.86 bits per heavy atom. The monoisotopic (exact) mass is 393 g/mol. The molecule has 0 aliphatic heterocycles. The van der Waals surface area contributed by atoms with E-state index in [0.29, 0.717) is 11.7 Å². The third-order valence-electron chi connectivity index (χ3n) is 3.97. The van der Waals surface area contributed by atoms with E-state index in [0.717, 1.165) is 22.5 Å². The number of aromatic nitrogens is 2. The molecule has 0 aliphatic carbocycles. The number of methoxy groups -OCH3 is 1. The molecular weight excluding hydrogens is 370 g/mol. The van der Waals surface area contributed by atoms with Gasteiger partial charge in [0.2, 0.25) is 0 Å². The van der Waals surface area contributed by atoms with Crippen LogP contribution in [-0.2, 0) is 4.74 Å². The fraction of sp³-hybridized carbons (Fsp3) is 0.190. The molecule has 0 unspecified atom stereocenters. The first kappa shape index (κ1) is 19.7. The summed E-state index contributed by atoms with van der Waals surface area (Å²) in [6.07, 6.45) is 3.68. The van der Waals surface area contributed by atoms with E-state index >= 15 is 0 Å². The molecule has 6 nitrogen and oxygen atoms in total. The zero-order valence-electron chi connectivity index (χ0n) is 15.9. The summed E-state index contributed by atoms with van der Waals surface area (Å²) in [7, 11) is 1.66. The molecule has 3 rings (SSSR count). The van der Waals surface area contributed by atoms with Crippen LogP contribution in [0.25, 0.3) is 16.9 Å². The molecule has 2 N–H and O–H groups in total. The third kappa shape index (κ3) is 5.25. The minimum Gasteiger partial charge on any atom is -0.383 e. The zero-order chi connectivity index (χ0) is 19.8. The molecule has 0 spiro atoms. The van der Waals surface area contributed by atoms with E-state index in [-0.39, 0.29) is 6.04 Å². The lowest BCUT2D eigenvalue weighted by Gasteiger charge is -2.13. The second-order valence-corrected chi connectivity index (χ2v) is 6.69. The Kier molecular flexibility index (Phi) is 6.89. The molecule has 7 heteroatoms. The Hall–Kier alpha value is -3.03. The van der Waals surface area contributed by atoms with Crippen molar-refractivity contribution in [3.05, 3.63) is 72.4 Å². The van der Waals surface area contributed by atoms with Crippen LogP contribution in [0.4, 0.5) is 0 Å². The average molecular weight is 394 g/mol. The van der Waals surface area contributed by atoms with E-state index in [2.05, 4.69) is 15.8 Å². The molecule has 0 bridgehead atoms. The predicted molar refractivity (Wildman–Crippen MR) is 117 cm³/mol. The first-order chi connectivity index (χ1) is 13.7. The SMILES string of the molecule is COC[C@@H](C)NC(=S)N/N=C\c1cn(-c2ccccc2)nc1-c1ccccc1. The van der Waals surface area contributed by atoms with E-state index in [1.54, 1.807) is 13.3 Å². The fourth-order valence-electron chi connectivity index (χ4n) is 2.72. The highest BCUT2D eigenvalue weighted by Gasteiger charge is 2.11. The van der Waals surface area contributed by atoms with Crippen LogP contribution < -0.4 is 10.7 Å².